The normalized spacial score (nSPS) is 13.8. The van der Waals surface area contributed by atoms with E-state index in [4.69, 9.17) is 0 Å². The van der Waals surface area contributed by atoms with Crippen molar-refractivity contribution in [3.05, 3.63) is 122 Å². The van der Waals surface area contributed by atoms with Gasteiger partial charge in [0.2, 0.25) is 0 Å². The Hall–Kier alpha value is -4.49. The van der Waals surface area contributed by atoms with Crippen LogP contribution in [0.25, 0.3) is 0 Å². The van der Waals surface area contributed by atoms with Gasteiger partial charge in [0.25, 0.3) is 11.8 Å². The smallest absolute Gasteiger partial charge is 0.270 e. The summed E-state index contributed by atoms with van der Waals surface area (Å²) < 4.78 is 14.4. The number of aryl methyl sites for hydroxylation is 3. The second-order valence-corrected chi connectivity index (χ2v) is 10.1. The molecule has 2 aromatic carbocycles. The Labute approximate surface area is 232 Å². The van der Waals surface area contributed by atoms with Gasteiger partial charge < -0.3 is 10.6 Å². The van der Waals surface area contributed by atoms with Crippen LogP contribution in [0.15, 0.2) is 65.5 Å². The zero-order valence-electron chi connectivity index (χ0n) is 20.8. The van der Waals surface area contributed by atoms with E-state index in [9.17, 15) is 19.2 Å². The second-order valence-electron chi connectivity index (χ2n) is 9.18. The Morgan fingerprint density at radius 3 is 2.56 bits per heavy atom. The predicted molar refractivity (Wildman–Crippen MR) is 144 cm³/mol. The Kier molecular flexibility index (Phi) is 7.43. The van der Waals surface area contributed by atoms with E-state index in [2.05, 4.69) is 47.6 Å². The highest BCUT2D eigenvalue weighted by atomic mass is 79.9. The number of amides is 2. The van der Waals surface area contributed by atoms with Gasteiger partial charge in [-0.3, -0.25) is 14.6 Å². The van der Waals surface area contributed by atoms with Gasteiger partial charge in [0.1, 0.15) is 23.5 Å². The number of fused-ring (bicyclic) bond motifs is 2. The predicted octanol–water partition coefficient (Wildman–Crippen LogP) is 4.50. The molecule has 0 aliphatic heterocycles. The quantitative estimate of drug-likeness (QED) is 0.356. The topological polar surface area (TPSA) is 121 Å². The van der Waals surface area contributed by atoms with Gasteiger partial charge in [-0.05, 0) is 87.8 Å². The number of hydrogen-bond acceptors (Lipinski definition) is 6. The van der Waals surface area contributed by atoms with E-state index in [-0.39, 0.29) is 23.7 Å². The average molecular weight is 585 g/mol. The molecule has 0 saturated heterocycles. The van der Waals surface area contributed by atoms with E-state index in [0.717, 1.165) is 33.1 Å². The summed E-state index contributed by atoms with van der Waals surface area (Å²) in [7, 11) is 0. The third-order valence-electron chi connectivity index (χ3n) is 6.57. The largest absolute Gasteiger partial charge is 0.347 e. The maximum atomic E-state index is 13.5. The lowest BCUT2D eigenvalue weighted by atomic mass is 9.96. The number of benzene rings is 2. The number of halogens is 2. The van der Waals surface area contributed by atoms with Gasteiger partial charge in [-0.25, -0.2) is 14.4 Å². The number of nitrogens with one attached hydrogen (secondary N) is 2. The molecule has 0 unspecified atom stereocenters. The Bertz CT molecular complexity index is 1650. The lowest BCUT2D eigenvalue weighted by Crippen LogP contribution is -2.32. The zero-order valence-corrected chi connectivity index (χ0v) is 22.4. The number of aromatic nitrogens is 3. The van der Waals surface area contributed by atoms with Crippen LogP contribution in [0.3, 0.4) is 0 Å². The lowest BCUT2D eigenvalue weighted by Gasteiger charge is -2.21. The van der Waals surface area contributed by atoms with E-state index in [1.807, 2.05) is 18.2 Å². The van der Waals surface area contributed by atoms with Gasteiger partial charge in [-0.15, -0.1) is 0 Å². The molecule has 0 radical (unpaired) electrons. The lowest BCUT2D eigenvalue weighted by molar-refractivity contribution is 0.0937. The maximum Gasteiger partial charge on any atom is 0.270 e. The van der Waals surface area contributed by atoms with Crippen molar-refractivity contribution in [3.63, 3.8) is 0 Å². The van der Waals surface area contributed by atoms with Gasteiger partial charge in [0.15, 0.2) is 0 Å². The van der Waals surface area contributed by atoms with Crippen molar-refractivity contribution in [1.82, 2.24) is 25.6 Å². The fourth-order valence-electron chi connectivity index (χ4n) is 4.59. The Balaban J connectivity index is 1.39. The van der Waals surface area contributed by atoms with Gasteiger partial charge >= 0.3 is 0 Å². The molecule has 2 aromatic heterocycles. The molecule has 1 aliphatic carbocycles. The molecule has 0 fully saturated rings. The fourth-order valence-corrected chi connectivity index (χ4v) is 4.97. The molecule has 1 atom stereocenters. The van der Waals surface area contributed by atoms with Gasteiger partial charge in [0, 0.05) is 23.3 Å². The second kappa shape index (κ2) is 11.1. The molecule has 194 valence electrons. The first-order valence-corrected chi connectivity index (χ1v) is 12.9. The molecule has 0 spiro atoms. The number of hydrogen-bond donors (Lipinski definition) is 2. The van der Waals surface area contributed by atoms with Gasteiger partial charge in [-0.2, -0.15) is 5.26 Å². The highest BCUT2D eigenvalue weighted by molar-refractivity contribution is 9.10. The van der Waals surface area contributed by atoms with Crippen molar-refractivity contribution in [2.75, 3.05) is 0 Å². The zero-order chi connectivity index (χ0) is 27.5. The van der Waals surface area contributed by atoms with E-state index < -0.39 is 17.9 Å². The van der Waals surface area contributed by atoms with Crippen LogP contribution >= 0.6 is 15.9 Å². The Morgan fingerprint density at radius 1 is 1.03 bits per heavy atom. The van der Waals surface area contributed by atoms with Crippen LogP contribution in [0, 0.1) is 24.1 Å². The average Bonchev–Trinajstić information content (AvgIpc) is 3.09. The number of nitriles is 1. The van der Waals surface area contributed by atoms with E-state index in [1.54, 1.807) is 31.3 Å². The standard InChI is InChI=1S/C29H22BrFN6O2/c1-16-8-18(3-7-23(16)31)13-34-28(38)24-11-25(36-15-35-24)29(39)37-27-22-6-2-17(12-32)9-19(22)4-5-20-10-21(30)14-33-26(20)27/h2-3,6-11,14-15,27H,4-5,13H2,1H3,(H,34,38)(H,37,39)/t27-/m0/s1. The molecule has 5 rings (SSSR count). The highest BCUT2D eigenvalue weighted by Gasteiger charge is 2.28. The highest BCUT2D eigenvalue weighted by Crippen LogP contribution is 2.33. The van der Waals surface area contributed by atoms with Crippen molar-refractivity contribution in [3.8, 4) is 6.07 Å². The van der Waals surface area contributed by atoms with Crippen LogP contribution in [0.1, 0.15) is 66.1 Å². The number of pyridine rings is 1. The third kappa shape index (κ3) is 5.68. The summed E-state index contributed by atoms with van der Waals surface area (Å²) in [6.07, 6.45) is 4.23. The summed E-state index contributed by atoms with van der Waals surface area (Å²) in [5.74, 6) is -1.31. The van der Waals surface area contributed by atoms with Crippen LogP contribution in [-0.2, 0) is 19.4 Å². The molecule has 10 heteroatoms. The third-order valence-corrected chi connectivity index (χ3v) is 7.01. The molecule has 0 bridgehead atoms. The minimum Gasteiger partial charge on any atom is -0.347 e. The molecule has 2 N–H and O–H groups in total. The van der Waals surface area contributed by atoms with Crippen molar-refractivity contribution in [2.24, 2.45) is 0 Å². The molecule has 4 aromatic rings. The molecule has 2 amide bonds. The van der Waals surface area contributed by atoms with Crippen LogP contribution in [-0.4, -0.2) is 26.8 Å². The Morgan fingerprint density at radius 2 is 1.79 bits per heavy atom. The molecule has 1 aliphatic rings. The van der Waals surface area contributed by atoms with Crippen LogP contribution in [0.5, 0.6) is 0 Å². The van der Waals surface area contributed by atoms with Crippen LogP contribution in [0.4, 0.5) is 4.39 Å². The van der Waals surface area contributed by atoms with Crippen LogP contribution in [0.2, 0.25) is 0 Å². The molecule has 8 nitrogen and oxygen atoms in total. The first-order valence-electron chi connectivity index (χ1n) is 12.2. The number of carbonyl (C=O) groups excluding carboxylic acids is 2. The number of rotatable bonds is 5. The van der Waals surface area contributed by atoms with Crippen molar-refractivity contribution < 1.29 is 14.0 Å². The van der Waals surface area contributed by atoms with Crippen LogP contribution < -0.4 is 10.6 Å². The molecular formula is C29H22BrFN6O2. The monoisotopic (exact) mass is 584 g/mol. The summed E-state index contributed by atoms with van der Waals surface area (Å²) in [6, 6.07) is 14.9. The van der Waals surface area contributed by atoms with Gasteiger partial charge in [-0.1, -0.05) is 18.2 Å². The van der Waals surface area contributed by atoms with Crippen molar-refractivity contribution >= 4 is 27.7 Å². The minimum absolute atomic E-state index is 0.0193. The SMILES string of the molecule is Cc1cc(CNC(=O)c2cc(C(=O)N[C@H]3c4ccc(C#N)cc4CCc4cc(Br)cnc43)ncn2)ccc1F. The summed E-state index contributed by atoms with van der Waals surface area (Å²) in [5, 5.41) is 15.1. The first-order chi connectivity index (χ1) is 18.8. The molecule has 39 heavy (non-hydrogen) atoms. The van der Waals surface area contributed by atoms with E-state index in [1.165, 1.54) is 12.1 Å². The molecular weight excluding hydrogens is 563 g/mol. The number of nitrogens with zero attached hydrogens (tertiary/aromatic N) is 4. The maximum absolute atomic E-state index is 13.5. The number of carbonyl (C=O) groups is 2. The minimum atomic E-state index is -0.584. The summed E-state index contributed by atoms with van der Waals surface area (Å²) in [5.41, 5.74) is 5.28. The first kappa shape index (κ1) is 26.1. The van der Waals surface area contributed by atoms with Crippen molar-refractivity contribution in [1.29, 1.82) is 5.26 Å². The molecule has 2 heterocycles. The van der Waals surface area contributed by atoms with E-state index >= 15 is 0 Å². The summed E-state index contributed by atoms with van der Waals surface area (Å²) in [4.78, 5) is 38.9. The van der Waals surface area contributed by atoms with Gasteiger partial charge in [0.05, 0.1) is 23.4 Å². The summed E-state index contributed by atoms with van der Waals surface area (Å²) in [6.45, 7) is 1.82. The molecule has 0 saturated carbocycles. The van der Waals surface area contributed by atoms with Crippen molar-refractivity contribution in [2.45, 2.75) is 32.4 Å². The summed E-state index contributed by atoms with van der Waals surface area (Å²) >= 11 is 3.47. The van der Waals surface area contributed by atoms with E-state index in [0.29, 0.717) is 29.7 Å². The fraction of sp³-hybridized carbons (Fsp3) is 0.172.